The van der Waals surface area contributed by atoms with Crippen molar-refractivity contribution in [3.63, 3.8) is 0 Å². The zero-order valence-electron chi connectivity index (χ0n) is 19.6. The Balaban J connectivity index is 1.68. The summed E-state index contributed by atoms with van der Waals surface area (Å²) in [4.78, 5) is 2.23. The molecule has 182 valence electrons. The lowest BCUT2D eigenvalue weighted by molar-refractivity contribution is -0.318. The molecule has 0 amide bonds. The molecule has 13 atom stereocenters. The Kier molecular flexibility index (Phi) is 4.62. The van der Waals surface area contributed by atoms with Crippen LogP contribution in [0.4, 0.5) is 0 Å². The largest absolute Gasteiger partial charge is 0.396 e. The van der Waals surface area contributed by atoms with E-state index in [-0.39, 0.29) is 42.5 Å². The Morgan fingerprint density at radius 1 is 1.09 bits per heavy atom. The highest BCUT2D eigenvalue weighted by Gasteiger charge is 2.91. The van der Waals surface area contributed by atoms with E-state index in [0.717, 1.165) is 6.42 Å². The molecule has 6 rings (SSSR count). The highest BCUT2D eigenvalue weighted by Crippen LogP contribution is 2.80. The molecule has 32 heavy (non-hydrogen) atoms. The van der Waals surface area contributed by atoms with E-state index in [1.807, 2.05) is 0 Å². The van der Waals surface area contributed by atoms with Crippen molar-refractivity contribution in [2.75, 3.05) is 41.0 Å². The van der Waals surface area contributed by atoms with Crippen LogP contribution in [-0.2, 0) is 14.2 Å². The summed E-state index contributed by atoms with van der Waals surface area (Å²) in [6.07, 6.45) is 0.570. The summed E-state index contributed by atoms with van der Waals surface area (Å²) in [7, 11) is 4.95. The number of ether oxygens (including phenoxy) is 3. The van der Waals surface area contributed by atoms with E-state index >= 15 is 0 Å². The van der Waals surface area contributed by atoms with Gasteiger partial charge in [0.15, 0.2) is 0 Å². The highest BCUT2D eigenvalue weighted by molar-refractivity contribution is 5.41. The number of aliphatic hydroxyl groups excluding tert-OH is 2. The lowest BCUT2D eigenvalue weighted by atomic mass is 9.42. The third-order valence-corrected chi connectivity index (χ3v) is 11.4. The maximum atomic E-state index is 12.8. The number of hydrogen-bond acceptors (Lipinski definition) is 8. The van der Waals surface area contributed by atoms with E-state index in [0.29, 0.717) is 32.4 Å². The smallest absolute Gasteiger partial charge is 0.136 e. The van der Waals surface area contributed by atoms with Crippen LogP contribution >= 0.6 is 0 Å². The van der Waals surface area contributed by atoms with Crippen molar-refractivity contribution >= 4 is 0 Å². The van der Waals surface area contributed by atoms with Gasteiger partial charge in [0.25, 0.3) is 0 Å². The van der Waals surface area contributed by atoms with Gasteiger partial charge >= 0.3 is 0 Å². The number of aliphatic hydroxyl groups is 4. The Labute approximate surface area is 189 Å². The van der Waals surface area contributed by atoms with Gasteiger partial charge in [0.05, 0.1) is 37.1 Å². The minimum absolute atomic E-state index is 0.0149. The average molecular weight is 454 g/mol. The van der Waals surface area contributed by atoms with Gasteiger partial charge in [-0.25, -0.2) is 0 Å². The fourth-order valence-electron chi connectivity index (χ4n) is 10.7. The Hall–Kier alpha value is -0.320. The summed E-state index contributed by atoms with van der Waals surface area (Å²) < 4.78 is 18.0. The number of piperidine rings is 1. The summed E-state index contributed by atoms with van der Waals surface area (Å²) in [5, 5.41) is 48.0. The van der Waals surface area contributed by atoms with Crippen LogP contribution in [0.5, 0.6) is 0 Å². The van der Waals surface area contributed by atoms with E-state index in [9.17, 15) is 20.4 Å². The Morgan fingerprint density at radius 2 is 1.84 bits per heavy atom. The second-order valence-electron chi connectivity index (χ2n) is 11.6. The molecule has 8 nitrogen and oxygen atoms in total. The highest BCUT2D eigenvalue weighted by atomic mass is 16.5. The fourth-order valence-corrected chi connectivity index (χ4v) is 10.7. The van der Waals surface area contributed by atoms with Gasteiger partial charge in [-0.1, -0.05) is 6.92 Å². The number of likely N-dealkylation sites (N-methyl/N-ethyl adjacent to an activating group) is 1. The minimum Gasteiger partial charge on any atom is -0.396 e. The maximum Gasteiger partial charge on any atom is 0.136 e. The van der Waals surface area contributed by atoms with Crippen LogP contribution < -0.4 is 0 Å². The van der Waals surface area contributed by atoms with Crippen LogP contribution in [-0.4, -0.2) is 108 Å². The third-order valence-electron chi connectivity index (χ3n) is 11.4. The quantitative estimate of drug-likeness (QED) is 0.446. The molecule has 1 saturated heterocycles. The number of nitrogens with zero attached hydrogens (tertiary/aromatic N) is 1. The van der Waals surface area contributed by atoms with Crippen molar-refractivity contribution in [2.45, 2.75) is 74.3 Å². The first-order chi connectivity index (χ1) is 15.3. The molecule has 0 aromatic rings. The molecule has 0 radical (unpaired) electrons. The van der Waals surface area contributed by atoms with Gasteiger partial charge in [-0.3, -0.25) is 4.90 Å². The molecule has 1 spiro atoms. The van der Waals surface area contributed by atoms with Gasteiger partial charge in [-0.15, -0.1) is 0 Å². The van der Waals surface area contributed by atoms with E-state index in [1.165, 1.54) is 0 Å². The molecule has 5 aliphatic carbocycles. The molecule has 0 aromatic carbocycles. The number of hydrogen-bond donors (Lipinski definition) is 4. The lowest BCUT2D eigenvalue weighted by Crippen LogP contribution is -2.82. The predicted octanol–water partition coefficient (Wildman–Crippen LogP) is -0.383. The molecule has 4 N–H and O–H groups in total. The summed E-state index contributed by atoms with van der Waals surface area (Å²) in [5.41, 5.74) is -4.23. The maximum absolute atomic E-state index is 12.8. The van der Waals surface area contributed by atoms with Crippen molar-refractivity contribution in [1.29, 1.82) is 0 Å². The minimum atomic E-state index is -1.60. The van der Waals surface area contributed by atoms with Crippen LogP contribution in [0.1, 0.15) is 32.6 Å². The Bertz CT molecular complexity index is 798. The zero-order chi connectivity index (χ0) is 22.8. The van der Waals surface area contributed by atoms with Crippen LogP contribution in [0.2, 0.25) is 0 Å². The lowest BCUT2D eigenvalue weighted by Gasteiger charge is -2.69. The standard InChI is InChI=1S/C24H39NO7/c1-5-25-10-21(11-26)7-6-15(27)23-13-8-12-14(30-2)9-22(28,16(13)17(12)31-3)24(29,20(23)25)19(32-4)18(21)23/h12-20,26-29H,5-11H2,1-4H3/t12-,13-,14+,15+,16-,17+,18-,19-,20+,21+,22-,23+,24-/m1/s1. The first-order valence-electron chi connectivity index (χ1n) is 12.3. The summed E-state index contributed by atoms with van der Waals surface area (Å²) in [6.45, 7) is 3.36. The molecule has 1 aliphatic heterocycles. The Morgan fingerprint density at radius 3 is 2.44 bits per heavy atom. The fraction of sp³-hybridized carbons (Fsp3) is 1.00. The molecule has 7 bridgehead atoms. The molecule has 6 aliphatic rings. The van der Waals surface area contributed by atoms with Crippen molar-refractivity contribution < 1.29 is 34.6 Å². The molecular formula is C24H39NO7. The first-order valence-corrected chi connectivity index (χ1v) is 12.3. The van der Waals surface area contributed by atoms with Crippen molar-refractivity contribution in [2.24, 2.45) is 34.5 Å². The number of methoxy groups -OCH3 is 3. The zero-order valence-corrected chi connectivity index (χ0v) is 19.6. The molecule has 5 saturated carbocycles. The number of fused-ring (bicyclic) bond motifs is 2. The van der Waals surface area contributed by atoms with Crippen LogP contribution in [0.3, 0.4) is 0 Å². The van der Waals surface area contributed by atoms with Gasteiger partial charge in [0.2, 0.25) is 0 Å². The molecular weight excluding hydrogens is 414 g/mol. The van der Waals surface area contributed by atoms with Crippen molar-refractivity contribution in [1.82, 2.24) is 4.90 Å². The molecule has 0 unspecified atom stereocenters. The van der Waals surface area contributed by atoms with Gasteiger partial charge in [0, 0.05) is 62.9 Å². The summed E-state index contributed by atoms with van der Waals surface area (Å²) in [5.74, 6) is -0.488. The second-order valence-corrected chi connectivity index (χ2v) is 11.6. The van der Waals surface area contributed by atoms with E-state index in [1.54, 1.807) is 21.3 Å². The monoisotopic (exact) mass is 453 g/mol. The van der Waals surface area contributed by atoms with Crippen LogP contribution in [0.15, 0.2) is 0 Å². The number of likely N-dealkylation sites (tertiary alicyclic amines) is 1. The molecule has 0 aromatic heterocycles. The van der Waals surface area contributed by atoms with Crippen molar-refractivity contribution in [3.8, 4) is 0 Å². The SMILES string of the molecule is CCN1C[C@]2(CO)CC[C@H](O)[C@@]34[C@@H]5C[C@H]6[C@H](OC)[C@@H]5[C@](O)(C[C@@H]6OC)[C@@](O)([C@H](OC)[C@H]23)[C@@H]14. The van der Waals surface area contributed by atoms with Gasteiger partial charge in [0.1, 0.15) is 11.2 Å². The van der Waals surface area contributed by atoms with Crippen LogP contribution in [0, 0.1) is 34.5 Å². The summed E-state index contributed by atoms with van der Waals surface area (Å²) >= 11 is 0. The van der Waals surface area contributed by atoms with E-state index in [4.69, 9.17) is 14.2 Å². The molecule has 6 fully saturated rings. The van der Waals surface area contributed by atoms with Gasteiger partial charge < -0.3 is 34.6 Å². The van der Waals surface area contributed by atoms with Gasteiger partial charge in [-0.05, 0) is 31.7 Å². The average Bonchev–Trinajstić information content (AvgIpc) is 3.21. The van der Waals surface area contributed by atoms with Crippen LogP contribution in [0.25, 0.3) is 0 Å². The van der Waals surface area contributed by atoms with E-state index < -0.39 is 40.3 Å². The van der Waals surface area contributed by atoms with Gasteiger partial charge in [-0.2, -0.15) is 0 Å². The van der Waals surface area contributed by atoms with E-state index in [2.05, 4.69) is 11.8 Å². The summed E-state index contributed by atoms with van der Waals surface area (Å²) in [6, 6.07) is -0.442. The van der Waals surface area contributed by atoms with Crippen molar-refractivity contribution in [3.05, 3.63) is 0 Å². The predicted molar refractivity (Wildman–Crippen MR) is 114 cm³/mol. The molecule has 8 heteroatoms. The third kappa shape index (κ3) is 1.96. The molecule has 1 heterocycles. The normalized spacial score (nSPS) is 62.4. The number of rotatable bonds is 5. The second kappa shape index (κ2) is 6.66. The topological polar surface area (TPSA) is 112 Å². The first kappa shape index (κ1) is 22.2.